The molecule has 0 saturated carbocycles. The van der Waals surface area contributed by atoms with Gasteiger partial charge in [0.1, 0.15) is 0 Å². The number of piperazine rings is 1. The van der Waals surface area contributed by atoms with Crippen molar-refractivity contribution in [2.75, 3.05) is 85.8 Å². The molecule has 7 heteroatoms. The van der Waals surface area contributed by atoms with Crippen LogP contribution >= 0.6 is 0 Å². The van der Waals surface area contributed by atoms with E-state index in [-0.39, 0.29) is 18.5 Å². The zero-order valence-electron chi connectivity index (χ0n) is 24.1. The summed E-state index contributed by atoms with van der Waals surface area (Å²) in [4.78, 5) is 20.2. The number of rotatable bonds is 24. The fourth-order valence-corrected chi connectivity index (χ4v) is 4.95. The van der Waals surface area contributed by atoms with Gasteiger partial charge < -0.3 is 19.5 Å². The van der Waals surface area contributed by atoms with Crippen molar-refractivity contribution in [3.63, 3.8) is 0 Å². The molecule has 1 unspecified atom stereocenters. The highest BCUT2D eigenvalue weighted by Crippen LogP contribution is 2.19. The van der Waals surface area contributed by atoms with E-state index in [4.69, 9.17) is 14.6 Å². The highest BCUT2D eigenvalue weighted by Gasteiger charge is 2.19. The Morgan fingerprint density at radius 2 is 1.39 bits per heavy atom. The molecule has 0 aromatic rings. The first kappa shape index (κ1) is 33.3. The molecule has 1 N–H and O–H groups in total. The molecule has 7 nitrogen and oxygen atoms in total. The zero-order valence-corrected chi connectivity index (χ0v) is 24.1. The molecule has 0 bridgehead atoms. The highest BCUT2D eigenvalue weighted by atomic mass is 16.5. The quantitative estimate of drug-likeness (QED) is 0.151. The third-order valence-electron chi connectivity index (χ3n) is 7.45. The van der Waals surface area contributed by atoms with Crippen LogP contribution in [0.4, 0.5) is 0 Å². The van der Waals surface area contributed by atoms with Gasteiger partial charge in [-0.3, -0.25) is 14.6 Å². The van der Waals surface area contributed by atoms with Crippen LogP contribution in [0.5, 0.6) is 0 Å². The molecule has 0 aromatic heterocycles. The number of unbranched alkanes of at least 4 members (excludes halogenated alkanes) is 6. The summed E-state index contributed by atoms with van der Waals surface area (Å²) in [6, 6.07) is 0. The second-order valence-corrected chi connectivity index (χ2v) is 10.5. The highest BCUT2D eigenvalue weighted by molar-refractivity contribution is 5.72. The van der Waals surface area contributed by atoms with Crippen molar-refractivity contribution in [1.82, 2.24) is 14.7 Å². The first-order valence-corrected chi connectivity index (χ1v) is 15.1. The average Bonchev–Trinajstić information content (AvgIpc) is 2.89. The minimum atomic E-state index is 0.0386. The summed E-state index contributed by atoms with van der Waals surface area (Å²) in [6.07, 6.45) is 13.3. The molecule has 1 rings (SSSR count). The number of carbonyl (C=O) groups is 1. The van der Waals surface area contributed by atoms with Crippen molar-refractivity contribution in [3.05, 3.63) is 0 Å². The molecule has 0 aromatic carbocycles. The van der Waals surface area contributed by atoms with Crippen LogP contribution in [0.3, 0.4) is 0 Å². The predicted molar refractivity (Wildman–Crippen MR) is 149 cm³/mol. The Morgan fingerprint density at radius 3 is 2.00 bits per heavy atom. The van der Waals surface area contributed by atoms with Crippen LogP contribution in [-0.4, -0.2) is 112 Å². The van der Waals surface area contributed by atoms with Gasteiger partial charge in [0.2, 0.25) is 0 Å². The van der Waals surface area contributed by atoms with E-state index >= 15 is 0 Å². The lowest BCUT2D eigenvalue weighted by Gasteiger charge is -2.35. The summed E-state index contributed by atoms with van der Waals surface area (Å²) in [6.45, 7) is 15.5. The molecule has 214 valence electrons. The topological polar surface area (TPSA) is 65.5 Å². The number of nitrogens with zero attached hydrogens (tertiary/aromatic N) is 3. The van der Waals surface area contributed by atoms with Crippen molar-refractivity contribution >= 4 is 5.97 Å². The Labute approximate surface area is 222 Å². The second kappa shape index (κ2) is 23.4. The van der Waals surface area contributed by atoms with Gasteiger partial charge in [-0.2, -0.15) is 0 Å². The van der Waals surface area contributed by atoms with Gasteiger partial charge in [0.15, 0.2) is 0 Å². The number of aliphatic hydroxyl groups is 1. The number of aliphatic hydroxyl groups excluding tert-OH is 1. The van der Waals surface area contributed by atoms with Crippen LogP contribution in [0.2, 0.25) is 0 Å². The van der Waals surface area contributed by atoms with Crippen LogP contribution < -0.4 is 0 Å². The summed E-state index contributed by atoms with van der Waals surface area (Å²) in [5, 5.41) is 9.15. The van der Waals surface area contributed by atoms with Gasteiger partial charge in [0.05, 0.1) is 19.1 Å². The zero-order chi connectivity index (χ0) is 26.3. The van der Waals surface area contributed by atoms with E-state index in [9.17, 15) is 4.79 Å². The van der Waals surface area contributed by atoms with Crippen molar-refractivity contribution in [3.8, 4) is 0 Å². The first-order chi connectivity index (χ1) is 17.6. The van der Waals surface area contributed by atoms with Crippen LogP contribution in [0.15, 0.2) is 0 Å². The van der Waals surface area contributed by atoms with E-state index in [0.29, 0.717) is 6.61 Å². The largest absolute Gasteiger partial charge is 0.465 e. The third-order valence-corrected chi connectivity index (χ3v) is 7.45. The Kier molecular flexibility index (Phi) is 21.6. The lowest BCUT2D eigenvalue weighted by atomic mass is 9.95. The minimum Gasteiger partial charge on any atom is -0.465 e. The third kappa shape index (κ3) is 16.9. The van der Waals surface area contributed by atoms with Crippen LogP contribution in [0.25, 0.3) is 0 Å². The summed E-state index contributed by atoms with van der Waals surface area (Å²) in [5.41, 5.74) is 0. The van der Waals surface area contributed by atoms with Crippen molar-refractivity contribution in [2.45, 2.75) is 90.9 Å². The normalized spacial score (nSPS) is 16.0. The molecule has 1 aliphatic heterocycles. The molecular weight excluding hydrogens is 454 g/mol. The van der Waals surface area contributed by atoms with E-state index in [1.807, 2.05) is 0 Å². The molecule has 1 fully saturated rings. The summed E-state index contributed by atoms with van der Waals surface area (Å²) < 4.78 is 11.0. The number of esters is 1. The lowest BCUT2D eigenvalue weighted by Crippen LogP contribution is -2.49. The molecule has 1 heterocycles. The smallest absolute Gasteiger partial charge is 0.308 e. The van der Waals surface area contributed by atoms with Crippen LogP contribution in [0.1, 0.15) is 90.9 Å². The lowest BCUT2D eigenvalue weighted by molar-refractivity contribution is -0.149. The second-order valence-electron chi connectivity index (χ2n) is 10.5. The van der Waals surface area contributed by atoms with Gasteiger partial charge in [0.25, 0.3) is 0 Å². The fourth-order valence-electron chi connectivity index (χ4n) is 4.95. The van der Waals surface area contributed by atoms with Gasteiger partial charge in [-0.05, 0) is 51.6 Å². The van der Waals surface area contributed by atoms with E-state index < -0.39 is 0 Å². The molecule has 36 heavy (non-hydrogen) atoms. The number of hydrogen-bond acceptors (Lipinski definition) is 7. The van der Waals surface area contributed by atoms with Gasteiger partial charge in [-0.25, -0.2) is 0 Å². The molecule has 0 aliphatic carbocycles. The fraction of sp³-hybridized carbons (Fsp3) is 0.966. The monoisotopic (exact) mass is 513 g/mol. The van der Waals surface area contributed by atoms with Crippen LogP contribution in [0, 0.1) is 5.92 Å². The first-order valence-electron chi connectivity index (χ1n) is 15.1. The summed E-state index contributed by atoms with van der Waals surface area (Å²) in [5.74, 6) is 0.133. The SMILES string of the molecule is CCCCCCC(CCCC)C(=O)OCCCCN(CCCCOC)CCN1CCN(CCO)CC1. The molecule has 1 aliphatic rings. The molecule has 0 amide bonds. The number of methoxy groups -OCH3 is 1. The maximum atomic E-state index is 12.7. The van der Waals surface area contributed by atoms with E-state index in [1.54, 1.807) is 7.11 Å². The standard InChI is InChI=1S/C29H59N3O4/c1-4-6-8-9-15-28(14-7-5-2)29(34)36-27-13-11-17-30(16-10-12-26-35-3)18-19-31-20-22-32(23-21-31)24-25-33/h28,33H,4-27H2,1-3H3. The number of ether oxygens (including phenoxy) is 2. The van der Waals surface area contributed by atoms with Gasteiger partial charge >= 0.3 is 5.97 Å². The predicted octanol–water partition coefficient (Wildman–Crippen LogP) is 4.43. The number of hydrogen-bond donors (Lipinski definition) is 1. The van der Waals surface area contributed by atoms with Gasteiger partial charge in [0, 0.05) is 59.5 Å². The van der Waals surface area contributed by atoms with Crippen LogP contribution in [-0.2, 0) is 14.3 Å². The van der Waals surface area contributed by atoms with E-state index in [2.05, 4.69) is 28.5 Å². The minimum absolute atomic E-state index is 0.0386. The maximum absolute atomic E-state index is 12.7. The Hall–Kier alpha value is -0.730. The number of β-amino-alcohol motifs (C(OH)–C–C–N with tert-alkyl or cyclic N) is 1. The molecule has 1 saturated heterocycles. The Balaban J connectivity index is 2.33. The van der Waals surface area contributed by atoms with Crippen molar-refractivity contribution in [2.24, 2.45) is 5.92 Å². The average molecular weight is 514 g/mol. The van der Waals surface area contributed by atoms with E-state index in [1.165, 1.54) is 19.3 Å². The molecule has 1 atom stereocenters. The Bertz CT molecular complexity index is 501. The number of carbonyl (C=O) groups excluding carboxylic acids is 1. The summed E-state index contributed by atoms with van der Waals surface area (Å²) >= 11 is 0. The molecule has 0 spiro atoms. The summed E-state index contributed by atoms with van der Waals surface area (Å²) in [7, 11) is 1.77. The maximum Gasteiger partial charge on any atom is 0.308 e. The van der Waals surface area contributed by atoms with Crippen molar-refractivity contribution < 1.29 is 19.4 Å². The van der Waals surface area contributed by atoms with Gasteiger partial charge in [-0.1, -0.05) is 52.4 Å². The Morgan fingerprint density at radius 1 is 0.778 bits per heavy atom. The molecule has 0 radical (unpaired) electrons. The molecular formula is C29H59N3O4. The van der Waals surface area contributed by atoms with Crippen molar-refractivity contribution in [1.29, 1.82) is 0 Å². The van der Waals surface area contributed by atoms with Gasteiger partial charge in [-0.15, -0.1) is 0 Å². The van der Waals surface area contributed by atoms with E-state index in [0.717, 1.165) is 123 Å².